The molecule has 0 bridgehead atoms. The predicted octanol–water partition coefficient (Wildman–Crippen LogP) is 5.41. The molecule has 1 amide bonds. The number of carbonyl (C=O) groups excluding carboxylic acids is 1. The van der Waals surface area contributed by atoms with Gasteiger partial charge in [0.1, 0.15) is 5.65 Å². The number of alkyl halides is 3. The summed E-state index contributed by atoms with van der Waals surface area (Å²) in [5, 5.41) is 20.3. The molecule has 230 valence electrons. The van der Waals surface area contributed by atoms with E-state index in [9.17, 15) is 27.9 Å². The minimum absolute atomic E-state index is 0.108. The first-order valence-electron chi connectivity index (χ1n) is 13.4. The first kappa shape index (κ1) is 31.8. The van der Waals surface area contributed by atoms with Crippen molar-refractivity contribution in [2.75, 3.05) is 43.4 Å². The van der Waals surface area contributed by atoms with E-state index in [1.807, 2.05) is 25.1 Å². The molecule has 0 spiro atoms. The number of carbonyl (C=O) groups is 3. The van der Waals surface area contributed by atoms with Crippen LogP contribution in [0.2, 0.25) is 0 Å². The van der Waals surface area contributed by atoms with Gasteiger partial charge in [-0.15, -0.1) is 0 Å². The van der Waals surface area contributed by atoms with E-state index in [4.69, 9.17) is 9.90 Å². The minimum Gasteiger partial charge on any atom is -0.478 e. The number of H-pyrrole nitrogens is 1. The van der Waals surface area contributed by atoms with E-state index in [2.05, 4.69) is 63.0 Å². The van der Waals surface area contributed by atoms with Crippen LogP contribution in [0, 0.1) is 6.92 Å². The first-order valence-corrected chi connectivity index (χ1v) is 13.4. The number of aromatic amines is 1. The maximum atomic E-state index is 12.0. The van der Waals surface area contributed by atoms with Crippen molar-refractivity contribution in [1.29, 1.82) is 0 Å². The van der Waals surface area contributed by atoms with Crippen LogP contribution < -0.4 is 10.2 Å². The van der Waals surface area contributed by atoms with Crippen LogP contribution >= 0.6 is 0 Å². The number of aromatic carboxylic acids is 1. The molecule has 2 aromatic heterocycles. The van der Waals surface area contributed by atoms with Gasteiger partial charge in [0.2, 0.25) is 5.91 Å². The number of hydrogen-bond donors (Lipinski definition) is 4. The number of hydrogen-bond acceptors (Lipinski definition) is 6. The fourth-order valence-corrected chi connectivity index (χ4v) is 4.70. The molecule has 4 N–H and O–H groups in total. The summed E-state index contributed by atoms with van der Waals surface area (Å²) >= 11 is 0. The van der Waals surface area contributed by atoms with Crippen molar-refractivity contribution in [2.45, 2.75) is 13.1 Å². The fourth-order valence-electron chi connectivity index (χ4n) is 4.70. The largest absolute Gasteiger partial charge is 0.490 e. The zero-order valence-electron chi connectivity index (χ0n) is 23.9. The van der Waals surface area contributed by atoms with Gasteiger partial charge in [-0.25, -0.2) is 14.6 Å². The van der Waals surface area contributed by atoms with Crippen LogP contribution in [0.25, 0.3) is 33.4 Å². The Morgan fingerprint density at radius 2 is 1.61 bits per heavy atom. The Labute approximate surface area is 250 Å². The fraction of sp³-hybridized carbons (Fsp3) is 0.226. The average molecular weight is 610 g/mol. The van der Waals surface area contributed by atoms with E-state index in [1.54, 1.807) is 6.07 Å². The number of nitrogens with zero attached hydrogens (tertiary/aromatic N) is 3. The standard InChI is InChI=1S/C29H29N5O3.C2HF3O2/c1-4-25(35)31-24-16-20(6-5-18(24)2)26-23-15-21(29(36)37)17-30-28(23)32-27(26)19-7-9-22(10-8-19)34-13-11-33(3)12-14-34;3-2(4,5)1(6)7/h4-10,15-17H,1,11-14H2,2-3H3,(H,30,32)(H,31,35)(H,36,37);(H,6,7). The number of halogens is 3. The highest BCUT2D eigenvalue weighted by atomic mass is 19.4. The molecular formula is C31H30F3N5O5. The number of benzene rings is 2. The van der Waals surface area contributed by atoms with Gasteiger partial charge < -0.3 is 30.3 Å². The smallest absolute Gasteiger partial charge is 0.478 e. The van der Waals surface area contributed by atoms with E-state index in [0.717, 1.165) is 54.1 Å². The highest BCUT2D eigenvalue weighted by molar-refractivity contribution is 6.06. The van der Waals surface area contributed by atoms with Gasteiger partial charge in [-0.05, 0) is 61.0 Å². The summed E-state index contributed by atoms with van der Waals surface area (Å²) in [5.74, 6) is -4.09. The Morgan fingerprint density at radius 1 is 1.00 bits per heavy atom. The summed E-state index contributed by atoms with van der Waals surface area (Å²) in [7, 11) is 2.14. The van der Waals surface area contributed by atoms with Crippen LogP contribution in [0.3, 0.4) is 0 Å². The van der Waals surface area contributed by atoms with Crippen LogP contribution in [-0.4, -0.2) is 82.3 Å². The molecule has 1 saturated heterocycles. The van der Waals surface area contributed by atoms with Crippen LogP contribution in [0.15, 0.2) is 67.4 Å². The number of aryl methyl sites for hydroxylation is 1. The molecule has 0 atom stereocenters. The Bertz CT molecular complexity index is 1710. The van der Waals surface area contributed by atoms with Crippen LogP contribution in [0.1, 0.15) is 15.9 Å². The van der Waals surface area contributed by atoms with Gasteiger partial charge in [0.25, 0.3) is 0 Å². The number of piperazine rings is 1. The molecule has 13 heteroatoms. The molecule has 1 aliphatic rings. The Kier molecular flexibility index (Phi) is 9.38. The number of pyridine rings is 1. The molecule has 10 nitrogen and oxygen atoms in total. The number of carboxylic acids is 2. The Morgan fingerprint density at radius 3 is 2.18 bits per heavy atom. The van der Waals surface area contributed by atoms with Gasteiger partial charge in [0.15, 0.2) is 0 Å². The number of nitrogens with one attached hydrogen (secondary N) is 2. The zero-order chi connectivity index (χ0) is 32.2. The number of rotatable bonds is 6. The number of amides is 1. The van der Waals surface area contributed by atoms with Crippen molar-refractivity contribution in [3.05, 3.63) is 78.5 Å². The third-order valence-electron chi connectivity index (χ3n) is 7.13. The van der Waals surface area contributed by atoms with Gasteiger partial charge in [-0.3, -0.25) is 4.79 Å². The van der Waals surface area contributed by atoms with Gasteiger partial charge >= 0.3 is 18.1 Å². The van der Waals surface area contributed by atoms with Crippen molar-refractivity contribution in [3.8, 4) is 22.4 Å². The monoisotopic (exact) mass is 609 g/mol. The Balaban J connectivity index is 0.000000566. The van der Waals surface area contributed by atoms with E-state index in [-0.39, 0.29) is 11.5 Å². The number of fused-ring (bicyclic) bond motifs is 1. The van der Waals surface area contributed by atoms with E-state index < -0.39 is 18.1 Å². The summed E-state index contributed by atoms with van der Waals surface area (Å²) in [5.41, 5.74) is 6.89. The summed E-state index contributed by atoms with van der Waals surface area (Å²) in [6, 6.07) is 15.8. The van der Waals surface area contributed by atoms with Crippen molar-refractivity contribution in [1.82, 2.24) is 14.9 Å². The molecule has 4 aromatic rings. The van der Waals surface area contributed by atoms with Crippen LogP contribution in [0.4, 0.5) is 24.5 Å². The average Bonchev–Trinajstić information content (AvgIpc) is 3.37. The van der Waals surface area contributed by atoms with E-state index >= 15 is 0 Å². The van der Waals surface area contributed by atoms with Crippen molar-refractivity contribution in [2.24, 2.45) is 0 Å². The molecule has 0 aliphatic carbocycles. The second-order valence-corrected chi connectivity index (χ2v) is 10.2. The SMILES string of the molecule is C=CC(=O)Nc1cc(-c2c(-c3ccc(N4CCN(C)CC4)cc3)[nH]c3ncc(C(=O)O)cc23)ccc1C.O=C(O)C(F)(F)F. The highest BCUT2D eigenvalue weighted by Crippen LogP contribution is 2.40. The minimum atomic E-state index is -5.08. The summed E-state index contributed by atoms with van der Waals surface area (Å²) in [6.45, 7) is 9.48. The molecule has 0 unspecified atom stereocenters. The number of carboxylic acid groups (broad SMARTS) is 2. The molecule has 2 aromatic carbocycles. The number of aliphatic carboxylic acids is 1. The maximum absolute atomic E-state index is 12.0. The molecule has 0 saturated carbocycles. The maximum Gasteiger partial charge on any atom is 0.490 e. The van der Waals surface area contributed by atoms with Crippen molar-refractivity contribution >= 4 is 40.3 Å². The first-order chi connectivity index (χ1) is 20.8. The number of aromatic nitrogens is 2. The van der Waals surface area contributed by atoms with Gasteiger partial charge in [-0.2, -0.15) is 13.2 Å². The lowest BCUT2D eigenvalue weighted by molar-refractivity contribution is -0.192. The number of likely N-dealkylation sites (N-methyl/N-ethyl adjacent to an activating group) is 1. The van der Waals surface area contributed by atoms with Gasteiger partial charge in [0, 0.05) is 54.7 Å². The van der Waals surface area contributed by atoms with Crippen molar-refractivity contribution in [3.63, 3.8) is 0 Å². The molecule has 5 rings (SSSR count). The summed E-state index contributed by atoms with van der Waals surface area (Å²) < 4.78 is 31.7. The van der Waals surface area contributed by atoms with Crippen molar-refractivity contribution < 1.29 is 37.8 Å². The molecule has 44 heavy (non-hydrogen) atoms. The zero-order valence-corrected chi connectivity index (χ0v) is 23.9. The Hall–Kier alpha value is -5.17. The molecule has 0 radical (unpaired) electrons. The lowest BCUT2D eigenvalue weighted by atomic mass is 9.96. The summed E-state index contributed by atoms with van der Waals surface area (Å²) in [6.07, 6.45) is -2.50. The van der Waals surface area contributed by atoms with Gasteiger partial charge in [0.05, 0.1) is 11.3 Å². The van der Waals surface area contributed by atoms with Crippen LogP contribution in [0.5, 0.6) is 0 Å². The highest BCUT2D eigenvalue weighted by Gasteiger charge is 2.38. The summed E-state index contributed by atoms with van der Waals surface area (Å²) in [4.78, 5) is 45.1. The van der Waals surface area contributed by atoms with E-state index in [0.29, 0.717) is 16.7 Å². The molecule has 1 fully saturated rings. The quantitative estimate of drug-likeness (QED) is 0.213. The third kappa shape index (κ3) is 7.24. The topological polar surface area (TPSA) is 139 Å². The normalized spacial score (nSPS) is 13.6. The molecule has 3 heterocycles. The lowest BCUT2D eigenvalue weighted by Crippen LogP contribution is -2.44. The van der Waals surface area contributed by atoms with Crippen LogP contribution in [-0.2, 0) is 9.59 Å². The third-order valence-corrected chi connectivity index (χ3v) is 7.13. The van der Waals surface area contributed by atoms with E-state index in [1.165, 1.54) is 18.0 Å². The lowest BCUT2D eigenvalue weighted by Gasteiger charge is -2.34. The molecule has 1 aliphatic heterocycles. The second kappa shape index (κ2) is 13.0. The predicted molar refractivity (Wildman–Crippen MR) is 161 cm³/mol. The second-order valence-electron chi connectivity index (χ2n) is 10.2. The van der Waals surface area contributed by atoms with Gasteiger partial charge in [-0.1, -0.05) is 30.8 Å². The molecular weight excluding hydrogens is 579 g/mol. The number of anilines is 2.